The number of carbonyl (C=O) groups excluding carboxylic acids is 1. The van der Waals surface area contributed by atoms with Crippen LogP contribution in [0.1, 0.15) is 39.0 Å². The van der Waals surface area contributed by atoms with Gasteiger partial charge >= 0.3 is 0 Å². The first-order valence-electron chi connectivity index (χ1n) is 10.9. The van der Waals surface area contributed by atoms with Crippen LogP contribution >= 0.6 is 12.2 Å². The Balaban J connectivity index is 1.68. The average Bonchev–Trinajstić information content (AvgIpc) is 3.38. The van der Waals surface area contributed by atoms with Gasteiger partial charge in [0.2, 0.25) is 0 Å². The molecule has 1 atom stereocenters. The monoisotopic (exact) mass is 469 g/mol. The number of aromatic amines is 2. The van der Waals surface area contributed by atoms with Crippen molar-refractivity contribution in [2.45, 2.75) is 26.9 Å². The molecule has 5 aromatic rings. The predicted octanol–water partition coefficient (Wildman–Crippen LogP) is 6.39. The van der Waals surface area contributed by atoms with Crippen LogP contribution in [-0.4, -0.2) is 26.0 Å². The molecule has 5 rings (SSSR count). The summed E-state index contributed by atoms with van der Waals surface area (Å²) >= 11 is 5.38. The number of hydrogen-bond donors (Lipinski definition) is 3. The number of aryl methyl sites for hydroxylation is 3. The van der Waals surface area contributed by atoms with E-state index in [1.54, 1.807) is 30.3 Å². The second-order valence-electron chi connectivity index (χ2n) is 8.43. The molecule has 170 valence electrons. The molecule has 0 aliphatic carbocycles. The molecule has 2 heterocycles. The van der Waals surface area contributed by atoms with E-state index in [0.717, 1.165) is 50.3 Å². The Kier molecular flexibility index (Phi) is 5.51. The highest BCUT2D eigenvalue weighted by atomic mass is 32.1. The van der Waals surface area contributed by atoms with Crippen LogP contribution in [-0.2, 0) is 0 Å². The average molecular weight is 470 g/mol. The lowest BCUT2D eigenvalue weighted by atomic mass is 9.91. The van der Waals surface area contributed by atoms with E-state index in [2.05, 4.69) is 21.2 Å². The summed E-state index contributed by atoms with van der Waals surface area (Å²) in [6.45, 7) is 5.78. The van der Waals surface area contributed by atoms with Crippen LogP contribution in [0.4, 0.5) is 0 Å². The molecule has 1 unspecified atom stereocenters. The highest BCUT2D eigenvalue weighted by molar-refractivity contribution is 7.71. The van der Waals surface area contributed by atoms with Crippen LogP contribution in [0, 0.1) is 25.5 Å². The van der Waals surface area contributed by atoms with Gasteiger partial charge in [-0.05, 0) is 73.4 Å². The summed E-state index contributed by atoms with van der Waals surface area (Å²) in [5.41, 5.74) is 8.09. The molecule has 0 fully saturated rings. The van der Waals surface area contributed by atoms with E-state index in [1.807, 2.05) is 45.0 Å². The maximum atomic E-state index is 13.1. The third kappa shape index (κ3) is 3.79. The SMILES string of the molecule is Cc1ccc(C(=O)C(O)c2ccccc2)cc1-c1cc(-c2c(C)noc2C)cc2[nH]c(=S)[nH]c12. The second kappa shape index (κ2) is 8.52. The van der Waals surface area contributed by atoms with Crippen LogP contribution in [0.2, 0.25) is 0 Å². The Hall–Kier alpha value is -3.81. The lowest BCUT2D eigenvalue weighted by molar-refractivity contribution is 0.0747. The standard InChI is InChI=1S/C27H23N3O3S/c1-14-9-10-18(26(32)25(31)17-7-5-4-6-8-17)11-20(14)21-12-19(23-15(2)30-33-16(23)3)13-22-24(21)29-27(34)28-22/h4-13,25,31H,1-3H3,(H2,28,29,34). The van der Waals surface area contributed by atoms with E-state index in [9.17, 15) is 9.90 Å². The number of ketones is 1. The summed E-state index contributed by atoms with van der Waals surface area (Å²) in [7, 11) is 0. The fourth-order valence-corrected chi connectivity index (χ4v) is 4.62. The molecule has 0 aliphatic heterocycles. The van der Waals surface area contributed by atoms with Gasteiger partial charge in [-0.2, -0.15) is 0 Å². The molecule has 0 bridgehead atoms. The number of nitrogens with zero attached hydrogens (tertiary/aromatic N) is 1. The summed E-state index contributed by atoms with van der Waals surface area (Å²) in [4.78, 5) is 19.6. The van der Waals surface area contributed by atoms with E-state index >= 15 is 0 Å². The molecule has 0 saturated carbocycles. The summed E-state index contributed by atoms with van der Waals surface area (Å²) in [5.74, 6) is 0.371. The van der Waals surface area contributed by atoms with Crippen molar-refractivity contribution in [3.63, 3.8) is 0 Å². The lowest BCUT2D eigenvalue weighted by Gasteiger charge is -2.14. The van der Waals surface area contributed by atoms with Crippen molar-refractivity contribution in [3.8, 4) is 22.3 Å². The van der Waals surface area contributed by atoms with Gasteiger partial charge in [0.25, 0.3) is 0 Å². The summed E-state index contributed by atoms with van der Waals surface area (Å²) < 4.78 is 5.90. The number of aliphatic hydroxyl groups excluding tert-OH is 1. The van der Waals surface area contributed by atoms with Crippen molar-refractivity contribution in [2.24, 2.45) is 0 Å². The van der Waals surface area contributed by atoms with Gasteiger partial charge in [-0.15, -0.1) is 0 Å². The normalized spacial score (nSPS) is 12.2. The zero-order valence-corrected chi connectivity index (χ0v) is 19.8. The fraction of sp³-hybridized carbons (Fsp3) is 0.148. The van der Waals surface area contributed by atoms with Gasteiger partial charge < -0.3 is 19.6 Å². The Labute approximate surface area is 201 Å². The molecule has 2 aromatic heterocycles. The first-order chi connectivity index (χ1) is 16.3. The van der Waals surface area contributed by atoms with Gasteiger partial charge in [0.15, 0.2) is 10.6 Å². The Morgan fingerprint density at radius 2 is 1.76 bits per heavy atom. The molecule has 0 radical (unpaired) electrons. The van der Waals surface area contributed by atoms with E-state index in [1.165, 1.54) is 0 Å². The van der Waals surface area contributed by atoms with Crippen molar-refractivity contribution < 1.29 is 14.4 Å². The molecule has 0 amide bonds. The third-order valence-corrected chi connectivity index (χ3v) is 6.33. The lowest BCUT2D eigenvalue weighted by Crippen LogP contribution is -2.12. The van der Waals surface area contributed by atoms with Crippen LogP contribution in [0.3, 0.4) is 0 Å². The van der Waals surface area contributed by atoms with Crippen LogP contribution in [0.15, 0.2) is 65.2 Å². The van der Waals surface area contributed by atoms with Crippen molar-refractivity contribution in [1.82, 2.24) is 15.1 Å². The largest absolute Gasteiger partial charge is 0.380 e. The number of carbonyl (C=O) groups is 1. The van der Waals surface area contributed by atoms with Crippen molar-refractivity contribution in [2.75, 3.05) is 0 Å². The summed E-state index contributed by atoms with van der Waals surface area (Å²) in [6, 6.07) is 18.5. The zero-order valence-electron chi connectivity index (χ0n) is 19.0. The van der Waals surface area contributed by atoms with E-state index < -0.39 is 6.10 Å². The quantitative estimate of drug-likeness (QED) is 0.205. The number of rotatable bonds is 5. The minimum atomic E-state index is -1.23. The number of benzene rings is 3. The molecule has 6 nitrogen and oxygen atoms in total. The predicted molar refractivity (Wildman–Crippen MR) is 134 cm³/mol. The third-order valence-electron chi connectivity index (χ3n) is 6.12. The minimum Gasteiger partial charge on any atom is -0.380 e. The van der Waals surface area contributed by atoms with Crippen LogP contribution in [0.25, 0.3) is 33.3 Å². The molecule has 3 N–H and O–H groups in total. The number of H-pyrrole nitrogens is 2. The highest BCUT2D eigenvalue weighted by Crippen LogP contribution is 2.37. The smallest absolute Gasteiger partial charge is 0.195 e. The maximum absolute atomic E-state index is 13.1. The van der Waals surface area contributed by atoms with Gasteiger partial charge in [-0.25, -0.2) is 0 Å². The summed E-state index contributed by atoms with van der Waals surface area (Å²) in [5, 5.41) is 14.8. The molecular formula is C27H23N3O3S. The van der Waals surface area contributed by atoms with Crippen molar-refractivity contribution in [1.29, 1.82) is 0 Å². The number of imidazole rings is 1. The Bertz CT molecular complexity index is 1580. The Morgan fingerprint density at radius 1 is 1.00 bits per heavy atom. The molecule has 3 aromatic carbocycles. The molecule has 7 heteroatoms. The number of Topliss-reactive ketones (excluding diaryl/α,β-unsaturated/α-hetero) is 1. The van der Waals surface area contributed by atoms with Gasteiger partial charge in [0.05, 0.1) is 16.7 Å². The molecule has 34 heavy (non-hydrogen) atoms. The van der Waals surface area contributed by atoms with Gasteiger partial charge in [0, 0.05) is 16.7 Å². The molecule has 0 spiro atoms. The molecule has 0 saturated heterocycles. The topological polar surface area (TPSA) is 94.9 Å². The van der Waals surface area contributed by atoms with Crippen LogP contribution in [0.5, 0.6) is 0 Å². The molecular weight excluding hydrogens is 446 g/mol. The maximum Gasteiger partial charge on any atom is 0.195 e. The van der Waals surface area contributed by atoms with Gasteiger partial charge in [-0.1, -0.05) is 47.6 Å². The van der Waals surface area contributed by atoms with Gasteiger partial charge in [-0.3, -0.25) is 4.79 Å². The Morgan fingerprint density at radius 3 is 2.47 bits per heavy atom. The number of aromatic nitrogens is 3. The van der Waals surface area contributed by atoms with Crippen molar-refractivity contribution >= 4 is 29.0 Å². The fourth-order valence-electron chi connectivity index (χ4n) is 4.40. The van der Waals surface area contributed by atoms with Crippen LogP contribution < -0.4 is 0 Å². The summed E-state index contributed by atoms with van der Waals surface area (Å²) in [6.07, 6.45) is -1.23. The highest BCUT2D eigenvalue weighted by Gasteiger charge is 2.21. The molecule has 0 aliphatic rings. The van der Waals surface area contributed by atoms with E-state index in [0.29, 0.717) is 15.9 Å². The second-order valence-corrected chi connectivity index (χ2v) is 8.84. The van der Waals surface area contributed by atoms with E-state index in [-0.39, 0.29) is 5.78 Å². The first-order valence-corrected chi connectivity index (χ1v) is 11.3. The minimum absolute atomic E-state index is 0.354. The first kappa shape index (κ1) is 22.0. The number of fused-ring (bicyclic) bond motifs is 1. The zero-order chi connectivity index (χ0) is 24.0. The number of nitrogens with one attached hydrogen (secondary N) is 2. The van der Waals surface area contributed by atoms with Crippen molar-refractivity contribution in [3.05, 3.63) is 93.6 Å². The van der Waals surface area contributed by atoms with Gasteiger partial charge in [0.1, 0.15) is 11.9 Å². The number of aliphatic hydroxyl groups is 1. The number of hydrogen-bond acceptors (Lipinski definition) is 5. The van der Waals surface area contributed by atoms with E-state index in [4.69, 9.17) is 16.7 Å².